The Morgan fingerprint density at radius 2 is 1.61 bits per heavy atom. The average molecular weight is 244 g/mol. The van der Waals surface area contributed by atoms with Crippen molar-refractivity contribution in [3.63, 3.8) is 0 Å². The van der Waals surface area contributed by atoms with Crippen molar-refractivity contribution in [1.29, 1.82) is 0 Å². The largest absolute Gasteiger partial charge is 0.496 e. The molecule has 2 rings (SSSR count). The summed E-state index contributed by atoms with van der Waals surface area (Å²) in [7, 11) is 3.27. The van der Waals surface area contributed by atoms with Gasteiger partial charge in [0.05, 0.1) is 26.0 Å². The maximum atomic E-state index is 5.39. The number of hydrogen-bond donors (Lipinski definition) is 0. The third-order valence-corrected chi connectivity index (χ3v) is 3.02. The summed E-state index contributed by atoms with van der Waals surface area (Å²) in [5.41, 5.74) is 3.81. The van der Waals surface area contributed by atoms with Gasteiger partial charge in [0, 0.05) is 0 Å². The van der Waals surface area contributed by atoms with Crippen LogP contribution in [-0.4, -0.2) is 24.4 Å². The quantitative estimate of drug-likeness (QED) is 0.832. The molecule has 1 heterocycles. The van der Waals surface area contributed by atoms with Crippen LogP contribution in [0.4, 0.5) is 0 Å². The Kier molecular flexibility index (Phi) is 3.46. The molecule has 0 atom stereocenters. The van der Waals surface area contributed by atoms with E-state index in [9.17, 15) is 0 Å². The van der Waals surface area contributed by atoms with Crippen molar-refractivity contribution in [2.45, 2.75) is 13.8 Å². The van der Waals surface area contributed by atoms with E-state index in [1.165, 1.54) is 0 Å². The fourth-order valence-electron chi connectivity index (χ4n) is 1.85. The summed E-state index contributed by atoms with van der Waals surface area (Å²) in [4.78, 5) is 0. The Morgan fingerprint density at radius 1 is 1.00 bits per heavy atom. The van der Waals surface area contributed by atoms with Crippen LogP contribution in [0.1, 0.15) is 11.1 Å². The summed E-state index contributed by atoms with van der Waals surface area (Å²) in [6.45, 7) is 4.03. The van der Waals surface area contributed by atoms with Crippen molar-refractivity contribution in [1.82, 2.24) is 10.2 Å². The second-order valence-electron chi connectivity index (χ2n) is 4.04. The minimum Gasteiger partial charge on any atom is -0.496 e. The molecule has 1 aromatic heterocycles. The fraction of sp³-hybridized carbons (Fsp3) is 0.286. The molecule has 0 saturated carbocycles. The molecule has 0 aliphatic carbocycles. The minimum absolute atomic E-state index is 0.734. The van der Waals surface area contributed by atoms with Gasteiger partial charge in [-0.05, 0) is 37.1 Å². The molecular weight excluding hydrogens is 228 g/mol. The molecular formula is C14H16N2O2. The topological polar surface area (TPSA) is 44.2 Å². The normalized spacial score (nSPS) is 10.2. The average Bonchev–Trinajstić information content (AvgIpc) is 2.41. The van der Waals surface area contributed by atoms with E-state index in [-0.39, 0.29) is 0 Å². The molecule has 94 valence electrons. The van der Waals surface area contributed by atoms with Crippen molar-refractivity contribution < 1.29 is 9.47 Å². The molecule has 2 aromatic rings. The number of aryl methyl sites for hydroxylation is 1. The summed E-state index contributed by atoms with van der Waals surface area (Å²) in [5, 5.41) is 8.23. The lowest BCUT2D eigenvalue weighted by molar-refractivity contribution is 0.397. The Labute approximate surface area is 107 Å². The predicted octanol–water partition coefficient (Wildman–Crippen LogP) is 2.78. The highest BCUT2D eigenvalue weighted by atomic mass is 16.5. The minimum atomic E-state index is 0.734. The molecule has 0 amide bonds. The van der Waals surface area contributed by atoms with Crippen LogP contribution in [0.15, 0.2) is 24.4 Å². The van der Waals surface area contributed by atoms with Gasteiger partial charge in [0.2, 0.25) is 0 Å². The summed E-state index contributed by atoms with van der Waals surface area (Å²) >= 11 is 0. The predicted molar refractivity (Wildman–Crippen MR) is 70.0 cm³/mol. The molecule has 0 spiro atoms. The van der Waals surface area contributed by atoms with E-state index in [0.29, 0.717) is 0 Å². The standard InChI is InChI=1S/C14H16N2O2/c1-9-8-15-16-14(10(9)2)13-11(17-3)6-5-7-12(13)18-4/h5-8H,1-4H3. The molecule has 0 unspecified atom stereocenters. The van der Waals surface area contributed by atoms with Crippen LogP contribution in [-0.2, 0) is 0 Å². The zero-order valence-electron chi connectivity index (χ0n) is 11.0. The van der Waals surface area contributed by atoms with E-state index >= 15 is 0 Å². The van der Waals surface area contributed by atoms with Crippen LogP contribution in [0.3, 0.4) is 0 Å². The van der Waals surface area contributed by atoms with Gasteiger partial charge in [-0.1, -0.05) is 6.07 Å². The Hall–Kier alpha value is -2.10. The highest BCUT2D eigenvalue weighted by Crippen LogP contribution is 2.38. The Bertz CT molecular complexity index is 545. The third-order valence-electron chi connectivity index (χ3n) is 3.02. The first-order valence-corrected chi connectivity index (χ1v) is 5.69. The number of hydrogen-bond acceptors (Lipinski definition) is 4. The van der Waals surface area contributed by atoms with Crippen LogP contribution >= 0.6 is 0 Å². The van der Waals surface area contributed by atoms with Gasteiger partial charge in [-0.2, -0.15) is 5.10 Å². The van der Waals surface area contributed by atoms with Gasteiger partial charge in [-0.3, -0.25) is 0 Å². The first-order valence-electron chi connectivity index (χ1n) is 5.69. The molecule has 0 N–H and O–H groups in total. The molecule has 18 heavy (non-hydrogen) atoms. The first kappa shape index (κ1) is 12.4. The molecule has 4 heteroatoms. The maximum Gasteiger partial charge on any atom is 0.132 e. The molecule has 0 aliphatic heterocycles. The lowest BCUT2D eigenvalue weighted by atomic mass is 10.0. The molecule has 1 aromatic carbocycles. The van der Waals surface area contributed by atoms with E-state index in [2.05, 4.69) is 10.2 Å². The van der Waals surface area contributed by atoms with E-state index in [1.54, 1.807) is 20.4 Å². The Balaban J connectivity index is 2.73. The molecule has 0 aliphatic rings. The van der Waals surface area contributed by atoms with Crippen LogP contribution in [0.5, 0.6) is 11.5 Å². The van der Waals surface area contributed by atoms with Gasteiger partial charge in [0.1, 0.15) is 17.2 Å². The van der Waals surface area contributed by atoms with Gasteiger partial charge >= 0.3 is 0 Å². The van der Waals surface area contributed by atoms with Gasteiger partial charge in [0.15, 0.2) is 0 Å². The van der Waals surface area contributed by atoms with Crippen molar-refractivity contribution in [2.75, 3.05) is 14.2 Å². The van der Waals surface area contributed by atoms with E-state index in [1.807, 2.05) is 32.0 Å². The summed E-state index contributed by atoms with van der Waals surface area (Å²) in [6, 6.07) is 5.67. The van der Waals surface area contributed by atoms with Crippen LogP contribution < -0.4 is 9.47 Å². The van der Waals surface area contributed by atoms with Crippen molar-refractivity contribution >= 4 is 0 Å². The van der Waals surface area contributed by atoms with Gasteiger partial charge in [-0.25, -0.2) is 0 Å². The summed E-state index contributed by atoms with van der Waals surface area (Å²) in [6.07, 6.45) is 1.75. The Morgan fingerprint density at radius 3 is 2.17 bits per heavy atom. The third kappa shape index (κ3) is 2.01. The molecule has 0 bridgehead atoms. The zero-order valence-corrected chi connectivity index (χ0v) is 11.0. The number of rotatable bonds is 3. The lowest BCUT2D eigenvalue weighted by Crippen LogP contribution is -1.99. The smallest absolute Gasteiger partial charge is 0.132 e. The highest BCUT2D eigenvalue weighted by Gasteiger charge is 2.16. The van der Waals surface area contributed by atoms with E-state index in [0.717, 1.165) is 33.9 Å². The van der Waals surface area contributed by atoms with Crippen LogP contribution in [0, 0.1) is 13.8 Å². The molecule has 4 nitrogen and oxygen atoms in total. The zero-order chi connectivity index (χ0) is 13.1. The summed E-state index contributed by atoms with van der Waals surface area (Å²) < 4.78 is 10.8. The number of ether oxygens (including phenoxy) is 2. The van der Waals surface area contributed by atoms with Crippen molar-refractivity contribution in [3.05, 3.63) is 35.5 Å². The second kappa shape index (κ2) is 5.04. The highest BCUT2D eigenvalue weighted by molar-refractivity contribution is 5.76. The monoisotopic (exact) mass is 244 g/mol. The van der Waals surface area contributed by atoms with Crippen molar-refractivity contribution in [2.24, 2.45) is 0 Å². The number of aromatic nitrogens is 2. The molecule has 0 saturated heterocycles. The number of nitrogens with zero attached hydrogens (tertiary/aromatic N) is 2. The fourth-order valence-corrected chi connectivity index (χ4v) is 1.85. The molecule has 0 fully saturated rings. The van der Waals surface area contributed by atoms with E-state index < -0.39 is 0 Å². The first-order chi connectivity index (χ1) is 8.69. The number of benzene rings is 1. The summed E-state index contributed by atoms with van der Waals surface area (Å²) in [5.74, 6) is 1.47. The van der Waals surface area contributed by atoms with Gasteiger partial charge in [0.25, 0.3) is 0 Å². The lowest BCUT2D eigenvalue weighted by Gasteiger charge is -2.14. The second-order valence-corrected chi connectivity index (χ2v) is 4.04. The molecule has 0 radical (unpaired) electrons. The SMILES string of the molecule is COc1cccc(OC)c1-c1nncc(C)c1C. The van der Waals surface area contributed by atoms with Crippen molar-refractivity contribution in [3.8, 4) is 22.8 Å². The van der Waals surface area contributed by atoms with Gasteiger partial charge < -0.3 is 9.47 Å². The van der Waals surface area contributed by atoms with E-state index in [4.69, 9.17) is 9.47 Å². The maximum absolute atomic E-state index is 5.39. The van der Waals surface area contributed by atoms with Crippen LogP contribution in [0.2, 0.25) is 0 Å². The van der Waals surface area contributed by atoms with Gasteiger partial charge in [-0.15, -0.1) is 5.10 Å². The van der Waals surface area contributed by atoms with Crippen LogP contribution in [0.25, 0.3) is 11.3 Å². The number of methoxy groups -OCH3 is 2.